The standard InChI is InChI=1S/C29H29F3N4O7/c1-40-22-10-8-18(14-24(22)41-2)12-13-33-27(38)28(39)36-34-16-19-9-11-23(25(15-19)42-3)43-17-26(37)35-21-7-5-4-6-20(21)29(30,31)32/h4-11,14-16H,12-13,17H2,1-3H3,(H,33,38)(H,35,37)(H,36,39)/b34-16-. The number of hydrazone groups is 1. The highest BCUT2D eigenvalue weighted by molar-refractivity contribution is 6.35. The first kappa shape index (κ1) is 32.2. The Morgan fingerprint density at radius 3 is 2.21 bits per heavy atom. The molecular formula is C29H29F3N4O7. The van der Waals surface area contributed by atoms with Crippen molar-refractivity contribution in [3.63, 3.8) is 0 Å². The minimum Gasteiger partial charge on any atom is -0.493 e. The van der Waals surface area contributed by atoms with E-state index in [9.17, 15) is 27.6 Å². The van der Waals surface area contributed by atoms with Crippen LogP contribution in [0.4, 0.5) is 18.9 Å². The monoisotopic (exact) mass is 602 g/mol. The number of hydrogen-bond donors (Lipinski definition) is 3. The summed E-state index contributed by atoms with van der Waals surface area (Å²) in [6.07, 6.45) is -2.94. The van der Waals surface area contributed by atoms with Crippen LogP contribution in [0, 0.1) is 0 Å². The van der Waals surface area contributed by atoms with E-state index in [1.807, 2.05) is 6.07 Å². The third-order valence-electron chi connectivity index (χ3n) is 5.79. The maximum atomic E-state index is 13.1. The van der Waals surface area contributed by atoms with E-state index in [2.05, 4.69) is 21.2 Å². The fraction of sp³-hybridized carbons (Fsp3) is 0.241. The van der Waals surface area contributed by atoms with Crippen molar-refractivity contribution < 1.29 is 46.5 Å². The van der Waals surface area contributed by atoms with Crippen LogP contribution in [-0.4, -0.2) is 58.4 Å². The van der Waals surface area contributed by atoms with Gasteiger partial charge in [0.05, 0.1) is 38.8 Å². The summed E-state index contributed by atoms with van der Waals surface area (Å²) in [6, 6.07) is 14.3. The number of alkyl halides is 3. The number of para-hydroxylation sites is 1. The van der Waals surface area contributed by atoms with Crippen LogP contribution in [0.1, 0.15) is 16.7 Å². The largest absolute Gasteiger partial charge is 0.493 e. The van der Waals surface area contributed by atoms with Gasteiger partial charge >= 0.3 is 18.0 Å². The van der Waals surface area contributed by atoms with Crippen molar-refractivity contribution in [2.24, 2.45) is 5.10 Å². The first-order valence-corrected chi connectivity index (χ1v) is 12.6. The molecule has 3 N–H and O–H groups in total. The number of hydrogen-bond acceptors (Lipinski definition) is 8. The quantitative estimate of drug-likeness (QED) is 0.164. The zero-order chi connectivity index (χ0) is 31.4. The summed E-state index contributed by atoms with van der Waals surface area (Å²) in [5.74, 6) is -1.23. The molecule has 0 spiro atoms. The van der Waals surface area contributed by atoms with E-state index in [-0.39, 0.29) is 18.0 Å². The van der Waals surface area contributed by atoms with Gasteiger partial charge < -0.3 is 29.6 Å². The molecule has 0 unspecified atom stereocenters. The molecule has 3 rings (SSSR count). The Bertz CT molecular complexity index is 1480. The van der Waals surface area contributed by atoms with Crippen molar-refractivity contribution in [3.8, 4) is 23.0 Å². The minimum atomic E-state index is -4.64. The van der Waals surface area contributed by atoms with Gasteiger partial charge in [-0.25, -0.2) is 5.43 Å². The molecule has 11 nitrogen and oxygen atoms in total. The predicted molar refractivity (Wildman–Crippen MR) is 151 cm³/mol. The molecule has 0 saturated heterocycles. The molecule has 0 aromatic heterocycles. The highest BCUT2D eigenvalue weighted by atomic mass is 19.4. The first-order chi connectivity index (χ1) is 20.5. The summed E-state index contributed by atoms with van der Waals surface area (Å²) < 4.78 is 60.5. The van der Waals surface area contributed by atoms with Crippen molar-refractivity contribution >= 4 is 29.6 Å². The van der Waals surface area contributed by atoms with Gasteiger partial charge in [-0.15, -0.1) is 0 Å². The number of carbonyl (C=O) groups excluding carboxylic acids is 3. The van der Waals surface area contributed by atoms with Crippen LogP contribution >= 0.6 is 0 Å². The Labute approximate surface area is 245 Å². The van der Waals surface area contributed by atoms with Crippen LogP contribution in [0.5, 0.6) is 23.0 Å². The van der Waals surface area contributed by atoms with Crippen molar-refractivity contribution in [3.05, 3.63) is 77.4 Å². The Hall–Kier alpha value is -5.27. The summed E-state index contributed by atoms with van der Waals surface area (Å²) in [5.41, 5.74) is 2.06. The molecule has 0 radical (unpaired) electrons. The highest BCUT2D eigenvalue weighted by Crippen LogP contribution is 2.34. The molecule has 0 fully saturated rings. The lowest BCUT2D eigenvalue weighted by atomic mass is 10.1. The second kappa shape index (κ2) is 15.1. The van der Waals surface area contributed by atoms with Gasteiger partial charge in [0.1, 0.15) is 0 Å². The van der Waals surface area contributed by atoms with Gasteiger partial charge in [-0.2, -0.15) is 18.3 Å². The molecule has 228 valence electrons. The summed E-state index contributed by atoms with van der Waals surface area (Å²) in [5, 5.41) is 8.44. The average molecular weight is 603 g/mol. The smallest absolute Gasteiger partial charge is 0.418 e. The Balaban J connectivity index is 1.48. The number of amides is 3. The predicted octanol–water partition coefficient (Wildman–Crippen LogP) is 3.56. The number of carbonyl (C=O) groups is 3. The molecule has 43 heavy (non-hydrogen) atoms. The molecule has 0 atom stereocenters. The number of benzene rings is 3. The lowest BCUT2D eigenvalue weighted by Gasteiger charge is -2.14. The number of methoxy groups -OCH3 is 3. The number of nitrogens with one attached hydrogen (secondary N) is 3. The maximum Gasteiger partial charge on any atom is 0.418 e. The van der Waals surface area contributed by atoms with Gasteiger partial charge in [0.15, 0.2) is 29.6 Å². The molecule has 0 saturated carbocycles. The third kappa shape index (κ3) is 9.38. The van der Waals surface area contributed by atoms with E-state index in [1.165, 1.54) is 57.9 Å². The van der Waals surface area contributed by atoms with E-state index in [1.54, 1.807) is 12.1 Å². The SMILES string of the molecule is COc1ccc(CCNC(=O)C(=O)N/N=C\c2ccc(OCC(=O)Nc3ccccc3C(F)(F)F)c(OC)c2)cc1OC. The molecule has 0 aliphatic carbocycles. The molecule has 3 aromatic carbocycles. The summed E-state index contributed by atoms with van der Waals surface area (Å²) >= 11 is 0. The topological polar surface area (TPSA) is 137 Å². The minimum absolute atomic E-state index is 0.136. The second-order valence-electron chi connectivity index (χ2n) is 8.68. The number of halogens is 3. The number of nitrogens with zero attached hydrogens (tertiary/aromatic N) is 1. The molecule has 0 aliphatic rings. The van der Waals surface area contributed by atoms with Crippen molar-refractivity contribution in [1.29, 1.82) is 0 Å². The van der Waals surface area contributed by atoms with Gasteiger partial charge in [-0.1, -0.05) is 18.2 Å². The molecule has 3 aromatic rings. The molecule has 14 heteroatoms. The lowest BCUT2D eigenvalue weighted by molar-refractivity contribution is -0.139. The number of anilines is 1. The number of ether oxygens (including phenoxy) is 4. The zero-order valence-electron chi connectivity index (χ0n) is 23.4. The van der Waals surface area contributed by atoms with Gasteiger partial charge in [0.25, 0.3) is 5.91 Å². The fourth-order valence-electron chi connectivity index (χ4n) is 3.71. The Kier molecular flexibility index (Phi) is 11.3. The number of rotatable bonds is 12. The van der Waals surface area contributed by atoms with E-state index in [0.29, 0.717) is 23.5 Å². The fourth-order valence-corrected chi connectivity index (χ4v) is 3.71. The lowest BCUT2D eigenvalue weighted by Crippen LogP contribution is -2.38. The summed E-state index contributed by atoms with van der Waals surface area (Å²) in [6.45, 7) is -0.399. The molecule has 0 heterocycles. The second-order valence-corrected chi connectivity index (χ2v) is 8.68. The summed E-state index contributed by atoms with van der Waals surface area (Å²) in [7, 11) is 4.39. The molecule has 0 aliphatic heterocycles. The summed E-state index contributed by atoms with van der Waals surface area (Å²) in [4.78, 5) is 36.4. The molecule has 3 amide bonds. The third-order valence-corrected chi connectivity index (χ3v) is 5.79. The van der Waals surface area contributed by atoms with Crippen LogP contribution in [0.15, 0.2) is 65.8 Å². The van der Waals surface area contributed by atoms with Crippen molar-refractivity contribution in [2.75, 3.05) is 39.8 Å². The van der Waals surface area contributed by atoms with Gasteiger partial charge in [-0.05, 0) is 60.0 Å². The zero-order valence-corrected chi connectivity index (χ0v) is 23.4. The first-order valence-electron chi connectivity index (χ1n) is 12.6. The van der Waals surface area contributed by atoms with Crippen LogP contribution in [0.25, 0.3) is 0 Å². The Morgan fingerprint density at radius 1 is 0.837 bits per heavy atom. The van der Waals surface area contributed by atoms with Gasteiger partial charge in [-0.3, -0.25) is 14.4 Å². The highest BCUT2D eigenvalue weighted by Gasteiger charge is 2.33. The molecular weight excluding hydrogens is 573 g/mol. The van der Waals surface area contributed by atoms with Crippen LogP contribution in [-0.2, 0) is 27.0 Å². The normalized spacial score (nSPS) is 11.0. The average Bonchev–Trinajstić information content (AvgIpc) is 2.99. The van der Waals surface area contributed by atoms with E-state index >= 15 is 0 Å². The van der Waals surface area contributed by atoms with Gasteiger partial charge in [0, 0.05) is 6.54 Å². The van der Waals surface area contributed by atoms with Crippen molar-refractivity contribution in [1.82, 2.24) is 10.7 Å². The van der Waals surface area contributed by atoms with Crippen LogP contribution < -0.4 is 35.0 Å². The van der Waals surface area contributed by atoms with E-state index in [4.69, 9.17) is 18.9 Å². The Morgan fingerprint density at radius 2 is 1.51 bits per heavy atom. The van der Waals surface area contributed by atoms with E-state index < -0.39 is 41.8 Å². The van der Waals surface area contributed by atoms with E-state index in [0.717, 1.165) is 17.7 Å². The van der Waals surface area contributed by atoms with Gasteiger partial charge in [0.2, 0.25) is 0 Å². The van der Waals surface area contributed by atoms with Crippen LogP contribution in [0.2, 0.25) is 0 Å². The molecule has 0 bridgehead atoms. The van der Waals surface area contributed by atoms with Crippen LogP contribution in [0.3, 0.4) is 0 Å². The maximum absolute atomic E-state index is 13.1. The van der Waals surface area contributed by atoms with Crippen molar-refractivity contribution in [2.45, 2.75) is 12.6 Å².